The van der Waals surface area contributed by atoms with E-state index >= 15 is 0 Å². The van der Waals surface area contributed by atoms with E-state index in [9.17, 15) is 4.79 Å². The van der Waals surface area contributed by atoms with Crippen molar-refractivity contribution in [2.75, 3.05) is 18.6 Å². The number of benzene rings is 1. The lowest BCUT2D eigenvalue weighted by Gasteiger charge is -2.22. The summed E-state index contributed by atoms with van der Waals surface area (Å²) < 4.78 is 9.79. The number of amides is 1. The second-order valence-corrected chi connectivity index (χ2v) is 7.68. The monoisotopic (exact) mass is 409 g/mol. The van der Waals surface area contributed by atoms with E-state index in [0.29, 0.717) is 13.0 Å². The number of carbonyl (C=O) groups excluding carboxylic acids is 1. The molecule has 1 fully saturated rings. The molecule has 2 aromatic heterocycles. The predicted octanol–water partition coefficient (Wildman–Crippen LogP) is 2.82. The zero-order valence-corrected chi connectivity index (χ0v) is 17.1. The molecule has 1 unspecified atom stereocenters. The van der Waals surface area contributed by atoms with Crippen molar-refractivity contribution >= 4 is 22.6 Å². The van der Waals surface area contributed by atoms with Crippen LogP contribution in [-0.4, -0.2) is 39.9 Å². The number of nitrogens with zero attached hydrogens (tertiary/aromatic N) is 4. The number of rotatable bonds is 7. The van der Waals surface area contributed by atoms with Crippen LogP contribution in [0.4, 0.5) is 5.13 Å². The Kier molecular flexibility index (Phi) is 6.00. The molecular formula is C21H23N5O2S. The van der Waals surface area contributed by atoms with E-state index in [0.717, 1.165) is 47.2 Å². The molecule has 0 saturated carbocycles. The molecule has 7 nitrogen and oxygen atoms in total. The fourth-order valence-corrected chi connectivity index (χ4v) is 4.24. The lowest BCUT2D eigenvalue weighted by Crippen LogP contribution is -2.43. The average molecular weight is 410 g/mol. The van der Waals surface area contributed by atoms with Gasteiger partial charge in [0.15, 0.2) is 0 Å². The minimum Gasteiger partial charge on any atom is -0.497 e. The first-order chi connectivity index (χ1) is 14.2. The van der Waals surface area contributed by atoms with Crippen LogP contribution in [0.3, 0.4) is 0 Å². The molecule has 0 aliphatic carbocycles. The molecule has 3 heterocycles. The van der Waals surface area contributed by atoms with Crippen molar-refractivity contribution in [2.24, 2.45) is 0 Å². The highest BCUT2D eigenvalue weighted by molar-refractivity contribution is 7.09. The summed E-state index contributed by atoms with van der Waals surface area (Å²) in [4.78, 5) is 23.6. The van der Waals surface area contributed by atoms with Crippen LogP contribution in [0.1, 0.15) is 29.8 Å². The lowest BCUT2D eigenvalue weighted by atomic mass is 10.1. The Balaban J connectivity index is 1.40. The van der Waals surface area contributed by atoms with Gasteiger partial charge in [0.25, 0.3) is 0 Å². The molecule has 0 radical (unpaired) electrons. The fraction of sp³-hybridized carbons (Fsp3) is 0.333. The van der Waals surface area contributed by atoms with Crippen molar-refractivity contribution in [1.29, 1.82) is 0 Å². The van der Waals surface area contributed by atoms with E-state index in [1.807, 2.05) is 36.4 Å². The van der Waals surface area contributed by atoms with Crippen molar-refractivity contribution in [3.8, 4) is 5.75 Å². The van der Waals surface area contributed by atoms with Crippen molar-refractivity contribution in [2.45, 2.75) is 31.8 Å². The number of pyridine rings is 1. The topological polar surface area (TPSA) is 80.2 Å². The molecule has 150 valence electrons. The molecule has 0 spiro atoms. The van der Waals surface area contributed by atoms with Crippen molar-refractivity contribution in [3.05, 3.63) is 65.7 Å². The first-order valence-electron chi connectivity index (χ1n) is 9.61. The van der Waals surface area contributed by atoms with Gasteiger partial charge in [-0.25, -0.2) is 4.98 Å². The normalized spacial score (nSPS) is 16.0. The summed E-state index contributed by atoms with van der Waals surface area (Å²) in [5.41, 5.74) is 2.09. The number of ether oxygens (including phenoxy) is 1. The van der Waals surface area contributed by atoms with Crippen LogP contribution in [-0.2, 0) is 17.8 Å². The maximum atomic E-state index is 12.7. The van der Waals surface area contributed by atoms with Gasteiger partial charge in [-0.2, -0.15) is 4.37 Å². The summed E-state index contributed by atoms with van der Waals surface area (Å²) in [6.45, 7) is 1.30. The van der Waals surface area contributed by atoms with E-state index in [-0.39, 0.29) is 11.9 Å². The average Bonchev–Trinajstić information content (AvgIpc) is 3.42. The van der Waals surface area contributed by atoms with Gasteiger partial charge in [0.2, 0.25) is 11.0 Å². The van der Waals surface area contributed by atoms with Crippen LogP contribution >= 0.6 is 11.5 Å². The van der Waals surface area contributed by atoms with E-state index in [1.165, 1.54) is 11.5 Å². The summed E-state index contributed by atoms with van der Waals surface area (Å²) >= 11 is 1.36. The Morgan fingerprint density at radius 3 is 3.03 bits per heavy atom. The van der Waals surface area contributed by atoms with Gasteiger partial charge in [-0.1, -0.05) is 18.2 Å². The molecule has 1 aliphatic heterocycles. The van der Waals surface area contributed by atoms with Crippen LogP contribution < -0.4 is 15.0 Å². The number of nitrogens with one attached hydrogen (secondary N) is 1. The molecule has 8 heteroatoms. The molecular weight excluding hydrogens is 386 g/mol. The summed E-state index contributed by atoms with van der Waals surface area (Å²) in [5.74, 6) is 1.61. The Labute approximate surface area is 173 Å². The maximum Gasteiger partial charge on any atom is 0.243 e. The maximum absolute atomic E-state index is 12.7. The Bertz CT molecular complexity index is 962. The van der Waals surface area contributed by atoms with Crippen LogP contribution in [0.2, 0.25) is 0 Å². The number of anilines is 1. The molecule has 1 N–H and O–H groups in total. The zero-order valence-electron chi connectivity index (χ0n) is 16.2. The molecule has 1 atom stereocenters. The molecule has 0 bridgehead atoms. The predicted molar refractivity (Wildman–Crippen MR) is 112 cm³/mol. The zero-order chi connectivity index (χ0) is 20.1. The Hall–Kier alpha value is -3.00. The van der Waals surface area contributed by atoms with Crippen LogP contribution in [0.25, 0.3) is 0 Å². The van der Waals surface area contributed by atoms with Crippen LogP contribution in [0.5, 0.6) is 5.75 Å². The van der Waals surface area contributed by atoms with Crippen molar-refractivity contribution < 1.29 is 9.53 Å². The highest BCUT2D eigenvalue weighted by atomic mass is 32.1. The number of aromatic nitrogens is 3. The van der Waals surface area contributed by atoms with Gasteiger partial charge in [0.05, 0.1) is 7.11 Å². The molecule has 3 aromatic rings. The van der Waals surface area contributed by atoms with Crippen LogP contribution in [0.15, 0.2) is 48.8 Å². The van der Waals surface area contributed by atoms with E-state index in [1.54, 1.807) is 19.5 Å². The highest BCUT2D eigenvalue weighted by Crippen LogP contribution is 2.28. The third-order valence-corrected chi connectivity index (χ3v) is 5.74. The summed E-state index contributed by atoms with van der Waals surface area (Å²) in [6, 6.07) is 11.5. The van der Waals surface area contributed by atoms with E-state index < -0.39 is 0 Å². The highest BCUT2D eigenvalue weighted by Gasteiger charge is 2.32. The molecule has 1 aromatic carbocycles. The lowest BCUT2D eigenvalue weighted by molar-refractivity contribution is -0.122. The third kappa shape index (κ3) is 4.71. The van der Waals surface area contributed by atoms with Gasteiger partial charge < -0.3 is 15.0 Å². The molecule has 1 aliphatic rings. The molecule has 29 heavy (non-hydrogen) atoms. The van der Waals surface area contributed by atoms with Crippen molar-refractivity contribution in [1.82, 2.24) is 19.7 Å². The van der Waals surface area contributed by atoms with Gasteiger partial charge in [-0.05, 0) is 42.2 Å². The second-order valence-electron chi connectivity index (χ2n) is 6.95. The minimum absolute atomic E-state index is 0.0240. The minimum atomic E-state index is -0.204. The molecule has 1 saturated heterocycles. The number of hydrogen-bond donors (Lipinski definition) is 1. The quantitative estimate of drug-likeness (QED) is 0.646. The Morgan fingerprint density at radius 1 is 1.31 bits per heavy atom. The SMILES string of the molecule is COc1cccc(Cc2nsc(N3CCCC3C(=O)NCc3cccnc3)n2)c1. The first kappa shape index (κ1) is 19.3. The number of hydrogen-bond acceptors (Lipinski definition) is 7. The third-order valence-electron chi connectivity index (χ3n) is 4.94. The largest absolute Gasteiger partial charge is 0.497 e. The molecule has 1 amide bonds. The summed E-state index contributed by atoms with van der Waals surface area (Å²) in [5, 5.41) is 3.83. The van der Waals surface area contributed by atoms with Crippen LogP contribution in [0, 0.1) is 0 Å². The fourth-order valence-electron chi connectivity index (χ4n) is 3.48. The Morgan fingerprint density at radius 2 is 2.21 bits per heavy atom. The first-order valence-corrected chi connectivity index (χ1v) is 10.4. The van der Waals surface area contributed by atoms with Crippen molar-refractivity contribution in [3.63, 3.8) is 0 Å². The standard InChI is InChI=1S/C21H23N5O2S/c1-28-17-7-2-5-15(11-17)12-19-24-21(29-25-19)26-10-4-8-18(26)20(27)23-14-16-6-3-9-22-13-16/h2-3,5-7,9,11,13,18H,4,8,10,12,14H2,1H3,(H,23,27). The van der Waals surface area contributed by atoms with Gasteiger partial charge in [0.1, 0.15) is 17.6 Å². The number of methoxy groups -OCH3 is 1. The summed E-state index contributed by atoms with van der Waals surface area (Å²) in [6.07, 6.45) is 5.92. The number of carbonyl (C=O) groups is 1. The second kappa shape index (κ2) is 9.00. The smallest absolute Gasteiger partial charge is 0.243 e. The molecule has 4 rings (SSSR count). The van der Waals surface area contributed by atoms with E-state index in [4.69, 9.17) is 9.72 Å². The summed E-state index contributed by atoms with van der Waals surface area (Å²) in [7, 11) is 1.66. The van der Waals surface area contributed by atoms with Gasteiger partial charge in [-0.3, -0.25) is 9.78 Å². The van der Waals surface area contributed by atoms with E-state index in [2.05, 4.69) is 19.6 Å². The van der Waals surface area contributed by atoms with Gasteiger partial charge >= 0.3 is 0 Å². The van der Waals surface area contributed by atoms with Gasteiger partial charge in [0, 0.05) is 43.4 Å². The van der Waals surface area contributed by atoms with Gasteiger partial charge in [-0.15, -0.1) is 0 Å².